The van der Waals surface area contributed by atoms with Gasteiger partial charge in [-0.1, -0.05) is 33.8 Å². The highest BCUT2D eigenvalue weighted by molar-refractivity contribution is 5.21. The zero-order chi connectivity index (χ0) is 8.70. The van der Waals surface area contributed by atoms with Gasteiger partial charge in [0, 0.05) is 0 Å². The first-order valence-corrected chi connectivity index (χ1v) is 4.69. The maximum Gasteiger partial charge on any atom is -0.0118 e. The van der Waals surface area contributed by atoms with Crippen molar-refractivity contribution in [3.05, 3.63) is 12.7 Å². The summed E-state index contributed by atoms with van der Waals surface area (Å²) in [5.74, 6) is 0.755. The minimum absolute atomic E-state index is 0.545. The Morgan fingerprint density at radius 2 is 1.55 bits per heavy atom. The maximum absolute atomic E-state index is 3.91. The Kier molecular flexibility index (Phi) is 1.90. The van der Waals surface area contributed by atoms with Crippen LogP contribution in [0.25, 0.3) is 0 Å². The van der Waals surface area contributed by atoms with Gasteiger partial charge in [0.15, 0.2) is 0 Å². The summed E-state index contributed by atoms with van der Waals surface area (Å²) in [4.78, 5) is 0. The second-order valence-corrected chi connectivity index (χ2v) is 4.26. The molecule has 11 heavy (non-hydrogen) atoms. The van der Waals surface area contributed by atoms with Crippen LogP contribution in [0.4, 0.5) is 0 Å². The van der Waals surface area contributed by atoms with Crippen LogP contribution in [0.2, 0.25) is 0 Å². The average molecular weight is 152 g/mol. The van der Waals surface area contributed by atoms with E-state index in [9.17, 15) is 0 Å². The molecule has 0 saturated heterocycles. The lowest BCUT2D eigenvalue weighted by Gasteiger charge is -2.13. The van der Waals surface area contributed by atoms with Crippen LogP contribution in [-0.4, -0.2) is 0 Å². The molecule has 0 aromatic heterocycles. The standard InChI is InChI=1S/C11H20/c1-6-9-10(4,7-2)11(9,5)8-3/h6,9H,1,7-8H2,2-5H3. The van der Waals surface area contributed by atoms with Crippen LogP contribution in [0.3, 0.4) is 0 Å². The largest absolute Gasteiger partial charge is 0.103 e. The average Bonchev–Trinajstić information content (AvgIpc) is 2.51. The maximum atomic E-state index is 3.91. The van der Waals surface area contributed by atoms with E-state index < -0.39 is 0 Å². The van der Waals surface area contributed by atoms with Gasteiger partial charge < -0.3 is 0 Å². The zero-order valence-corrected chi connectivity index (χ0v) is 8.28. The van der Waals surface area contributed by atoms with Crippen molar-refractivity contribution in [1.29, 1.82) is 0 Å². The molecule has 1 aliphatic carbocycles. The van der Waals surface area contributed by atoms with Crippen molar-refractivity contribution in [1.82, 2.24) is 0 Å². The van der Waals surface area contributed by atoms with Crippen molar-refractivity contribution in [2.24, 2.45) is 16.7 Å². The van der Waals surface area contributed by atoms with Gasteiger partial charge in [-0.15, -0.1) is 6.58 Å². The molecule has 0 nitrogen and oxygen atoms in total. The van der Waals surface area contributed by atoms with Gasteiger partial charge in [0.05, 0.1) is 0 Å². The molecule has 0 aromatic carbocycles. The molecule has 1 aliphatic rings. The van der Waals surface area contributed by atoms with E-state index in [1.54, 1.807) is 0 Å². The van der Waals surface area contributed by atoms with Gasteiger partial charge in [0.25, 0.3) is 0 Å². The molecular weight excluding hydrogens is 132 g/mol. The fourth-order valence-electron chi connectivity index (χ4n) is 2.77. The fraction of sp³-hybridized carbons (Fsp3) is 0.818. The third-order valence-electron chi connectivity index (χ3n) is 4.30. The molecule has 0 aliphatic heterocycles. The third-order valence-corrected chi connectivity index (χ3v) is 4.30. The molecule has 1 fully saturated rings. The van der Waals surface area contributed by atoms with Crippen LogP contribution in [-0.2, 0) is 0 Å². The summed E-state index contributed by atoms with van der Waals surface area (Å²) in [6, 6.07) is 0. The summed E-state index contributed by atoms with van der Waals surface area (Å²) >= 11 is 0. The quantitative estimate of drug-likeness (QED) is 0.542. The normalized spacial score (nSPS) is 48.9. The van der Waals surface area contributed by atoms with Crippen LogP contribution >= 0.6 is 0 Å². The van der Waals surface area contributed by atoms with Gasteiger partial charge in [-0.05, 0) is 29.6 Å². The number of hydrogen-bond acceptors (Lipinski definition) is 0. The Labute approximate surface area is 70.7 Å². The lowest BCUT2D eigenvalue weighted by Crippen LogP contribution is -2.04. The van der Waals surface area contributed by atoms with Crippen LogP contribution in [0, 0.1) is 16.7 Å². The number of hydrogen-bond donors (Lipinski definition) is 0. The first-order valence-electron chi connectivity index (χ1n) is 4.69. The van der Waals surface area contributed by atoms with Crippen molar-refractivity contribution >= 4 is 0 Å². The Balaban J connectivity index is 2.80. The number of allylic oxidation sites excluding steroid dienone is 1. The first kappa shape index (κ1) is 8.83. The van der Waals surface area contributed by atoms with E-state index in [4.69, 9.17) is 0 Å². The molecule has 0 amide bonds. The highest BCUT2D eigenvalue weighted by Gasteiger charge is 2.66. The summed E-state index contributed by atoms with van der Waals surface area (Å²) < 4.78 is 0. The molecule has 2 atom stereocenters. The lowest BCUT2D eigenvalue weighted by atomic mass is 9.92. The summed E-state index contributed by atoms with van der Waals surface area (Å²) in [6.07, 6.45) is 4.72. The summed E-state index contributed by atoms with van der Waals surface area (Å²) in [5, 5.41) is 0. The molecule has 0 heterocycles. The Hall–Kier alpha value is -0.260. The van der Waals surface area contributed by atoms with Crippen molar-refractivity contribution < 1.29 is 0 Å². The predicted molar refractivity (Wildman–Crippen MR) is 50.5 cm³/mol. The van der Waals surface area contributed by atoms with E-state index in [1.807, 2.05) is 0 Å². The second kappa shape index (κ2) is 2.36. The van der Waals surface area contributed by atoms with Crippen molar-refractivity contribution in [3.63, 3.8) is 0 Å². The molecule has 1 saturated carbocycles. The van der Waals surface area contributed by atoms with Gasteiger partial charge in [0.1, 0.15) is 0 Å². The van der Waals surface area contributed by atoms with Crippen molar-refractivity contribution in [2.75, 3.05) is 0 Å². The smallest absolute Gasteiger partial charge is 0.0118 e. The fourth-order valence-corrected chi connectivity index (χ4v) is 2.77. The Morgan fingerprint density at radius 3 is 1.64 bits per heavy atom. The summed E-state index contributed by atoms with van der Waals surface area (Å²) in [5.41, 5.74) is 1.09. The first-order chi connectivity index (χ1) is 5.06. The monoisotopic (exact) mass is 152 g/mol. The molecular formula is C11H20. The highest BCUT2D eigenvalue weighted by atomic mass is 14.7. The predicted octanol–water partition coefficient (Wildman–Crippen LogP) is 3.63. The van der Waals surface area contributed by atoms with Crippen LogP contribution in [0.1, 0.15) is 40.5 Å². The van der Waals surface area contributed by atoms with E-state index in [-0.39, 0.29) is 0 Å². The molecule has 64 valence electrons. The molecule has 0 spiro atoms. The zero-order valence-electron chi connectivity index (χ0n) is 8.28. The van der Waals surface area contributed by atoms with E-state index >= 15 is 0 Å². The van der Waals surface area contributed by atoms with Gasteiger partial charge >= 0.3 is 0 Å². The molecule has 0 heteroatoms. The SMILES string of the molecule is C=CC1C(C)(CC)C1(C)CC. The van der Waals surface area contributed by atoms with Crippen LogP contribution < -0.4 is 0 Å². The lowest BCUT2D eigenvalue weighted by molar-refractivity contribution is 0.367. The molecule has 0 N–H and O–H groups in total. The van der Waals surface area contributed by atoms with Gasteiger partial charge in [0.2, 0.25) is 0 Å². The highest BCUT2D eigenvalue weighted by Crippen LogP contribution is 2.72. The van der Waals surface area contributed by atoms with Crippen LogP contribution in [0.5, 0.6) is 0 Å². The Bertz CT molecular complexity index is 155. The minimum Gasteiger partial charge on any atom is -0.103 e. The molecule has 2 unspecified atom stereocenters. The second-order valence-electron chi connectivity index (χ2n) is 4.26. The van der Waals surface area contributed by atoms with Gasteiger partial charge in [-0.3, -0.25) is 0 Å². The van der Waals surface area contributed by atoms with Gasteiger partial charge in [-0.25, -0.2) is 0 Å². The summed E-state index contributed by atoms with van der Waals surface area (Å²) in [6.45, 7) is 13.3. The minimum atomic E-state index is 0.545. The van der Waals surface area contributed by atoms with Crippen molar-refractivity contribution in [2.45, 2.75) is 40.5 Å². The third kappa shape index (κ3) is 0.816. The van der Waals surface area contributed by atoms with Gasteiger partial charge in [-0.2, -0.15) is 0 Å². The number of rotatable bonds is 3. The topological polar surface area (TPSA) is 0 Å². The van der Waals surface area contributed by atoms with Crippen molar-refractivity contribution in [3.8, 4) is 0 Å². The molecule has 1 rings (SSSR count). The van der Waals surface area contributed by atoms with E-state index in [1.165, 1.54) is 12.8 Å². The molecule has 0 radical (unpaired) electrons. The summed E-state index contributed by atoms with van der Waals surface area (Å²) in [7, 11) is 0. The van der Waals surface area contributed by atoms with Crippen LogP contribution in [0.15, 0.2) is 12.7 Å². The van der Waals surface area contributed by atoms with E-state index in [2.05, 4.69) is 40.3 Å². The molecule has 0 aromatic rings. The molecule has 0 bridgehead atoms. The van der Waals surface area contributed by atoms with E-state index in [0.717, 1.165) is 5.92 Å². The van der Waals surface area contributed by atoms with E-state index in [0.29, 0.717) is 10.8 Å². The Morgan fingerprint density at radius 1 is 1.18 bits per heavy atom.